The van der Waals surface area contributed by atoms with Crippen LogP contribution in [0.1, 0.15) is 43.6 Å². The van der Waals surface area contributed by atoms with E-state index in [-0.39, 0.29) is 11.5 Å². The zero-order valence-corrected chi connectivity index (χ0v) is 17.9. The Kier molecular flexibility index (Phi) is 8.42. The summed E-state index contributed by atoms with van der Waals surface area (Å²) in [5.41, 5.74) is -0.934. The Morgan fingerprint density at radius 2 is 1.71 bits per heavy atom. The summed E-state index contributed by atoms with van der Waals surface area (Å²) in [5.74, 6) is -4.32. The maximum atomic E-state index is 14.5. The van der Waals surface area contributed by atoms with Gasteiger partial charge in [-0.15, -0.1) is 0 Å². The van der Waals surface area contributed by atoms with Gasteiger partial charge in [-0.2, -0.15) is 22.0 Å². The third-order valence-corrected chi connectivity index (χ3v) is 5.01. The molecular formula is C23H21F7O4. The average Bonchev–Trinajstić information content (AvgIpc) is 2.79. The zero-order valence-electron chi connectivity index (χ0n) is 17.9. The van der Waals surface area contributed by atoms with Crippen molar-refractivity contribution in [1.82, 2.24) is 0 Å². The lowest BCUT2D eigenvalue weighted by molar-refractivity contribution is -0.206. The molecule has 0 aromatic heterocycles. The van der Waals surface area contributed by atoms with E-state index in [9.17, 15) is 30.7 Å². The summed E-state index contributed by atoms with van der Waals surface area (Å²) in [7, 11) is 0. The number of hydrogen-bond acceptors (Lipinski definition) is 4. The maximum absolute atomic E-state index is 14.5. The molecule has 11 heteroatoms. The Labute approximate surface area is 190 Å². The van der Waals surface area contributed by atoms with Crippen molar-refractivity contribution in [3.05, 3.63) is 71.3 Å². The van der Waals surface area contributed by atoms with Crippen molar-refractivity contribution < 1.29 is 49.7 Å². The van der Waals surface area contributed by atoms with Gasteiger partial charge in [-0.3, -0.25) is 0 Å². The van der Waals surface area contributed by atoms with E-state index >= 15 is 0 Å². The SMILES string of the molecule is CCCCC1COC(c2ccc(C(F)(F)Oc3ccc(OC(F)=C(F)F)c(F)c3)c(F)c2)OC1. The van der Waals surface area contributed by atoms with Crippen LogP contribution in [-0.4, -0.2) is 13.2 Å². The van der Waals surface area contributed by atoms with E-state index in [4.69, 9.17) is 9.47 Å². The summed E-state index contributed by atoms with van der Waals surface area (Å²) in [5, 5.41) is 0. The van der Waals surface area contributed by atoms with Crippen LogP contribution in [0.3, 0.4) is 0 Å². The highest BCUT2D eigenvalue weighted by molar-refractivity contribution is 5.35. The van der Waals surface area contributed by atoms with Crippen LogP contribution in [0.5, 0.6) is 11.5 Å². The van der Waals surface area contributed by atoms with Crippen LogP contribution in [0.15, 0.2) is 48.5 Å². The Balaban J connectivity index is 1.68. The standard InChI is InChI=1S/C23H21F7O4/c1-2-3-4-13-11-31-22(32-12-13)14-5-7-16(17(24)9-14)23(29,30)34-15-6-8-19(18(25)10-15)33-21(28)20(26)27/h5-10,13,22H,2-4,11-12H2,1H3. The van der Waals surface area contributed by atoms with E-state index in [1.165, 1.54) is 6.07 Å². The Hall–Kier alpha value is -2.79. The van der Waals surface area contributed by atoms with E-state index in [1.807, 2.05) is 0 Å². The molecule has 0 atom stereocenters. The summed E-state index contributed by atoms with van der Waals surface area (Å²) in [6, 6.07) is 2.17. The lowest BCUT2D eigenvalue weighted by atomic mass is 10.0. The summed E-state index contributed by atoms with van der Waals surface area (Å²) in [4.78, 5) is 0. The minimum Gasteiger partial charge on any atom is -0.429 e. The summed E-state index contributed by atoms with van der Waals surface area (Å²) in [6.45, 7) is 2.86. The highest BCUT2D eigenvalue weighted by Crippen LogP contribution is 2.37. The first kappa shape index (κ1) is 25.8. The van der Waals surface area contributed by atoms with Crippen molar-refractivity contribution in [3.63, 3.8) is 0 Å². The van der Waals surface area contributed by atoms with Gasteiger partial charge in [0.05, 0.1) is 18.8 Å². The largest absolute Gasteiger partial charge is 0.429 e. The van der Waals surface area contributed by atoms with Crippen molar-refractivity contribution in [2.24, 2.45) is 5.92 Å². The normalized spacial score (nSPS) is 18.5. The molecule has 4 nitrogen and oxygen atoms in total. The molecule has 2 aromatic carbocycles. The van der Waals surface area contributed by atoms with Crippen LogP contribution < -0.4 is 9.47 Å². The number of benzene rings is 2. The molecule has 1 saturated heterocycles. The molecule has 0 N–H and O–H groups in total. The molecule has 1 aliphatic heterocycles. The van der Waals surface area contributed by atoms with Crippen LogP contribution in [0.2, 0.25) is 0 Å². The molecule has 0 aliphatic carbocycles. The van der Waals surface area contributed by atoms with Crippen molar-refractivity contribution in [3.8, 4) is 11.5 Å². The second-order valence-electron chi connectivity index (χ2n) is 7.59. The molecule has 0 spiro atoms. The third-order valence-electron chi connectivity index (χ3n) is 5.01. The summed E-state index contributed by atoms with van der Waals surface area (Å²) < 4.78 is 114. The van der Waals surface area contributed by atoms with E-state index in [0.29, 0.717) is 25.3 Å². The van der Waals surface area contributed by atoms with E-state index in [0.717, 1.165) is 37.5 Å². The Bertz CT molecular complexity index is 1020. The van der Waals surface area contributed by atoms with Crippen molar-refractivity contribution >= 4 is 0 Å². The van der Waals surface area contributed by atoms with E-state index in [1.54, 1.807) is 0 Å². The van der Waals surface area contributed by atoms with Crippen LogP contribution in [0.25, 0.3) is 0 Å². The number of halogens is 7. The first-order valence-corrected chi connectivity index (χ1v) is 10.4. The lowest BCUT2D eigenvalue weighted by Crippen LogP contribution is -2.27. The number of alkyl halides is 2. The number of rotatable bonds is 9. The second-order valence-corrected chi connectivity index (χ2v) is 7.59. The lowest BCUT2D eigenvalue weighted by Gasteiger charge is -2.30. The van der Waals surface area contributed by atoms with Gasteiger partial charge in [0.1, 0.15) is 11.6 Å². The highest BCUT2D eigenvalue weighted by Gasteiger charge is 2.38. The Morgan fingerprint density at radius 1 is 1.00 bits per heavy atom. The quantitative estimate of drug-likeness (QED) is 0.270. The molecule has 34 heavy (non-hydrogen) atoms. The van der Waals surface area contributed by atoms with Crippen LogP contribution in [0, 0.1) is 17.6 Å². The van der Waals surface area contributed by atoms with Gasteiger partial charge < -0.3 is 18.9 Å². The maximum Gasteiger partial charge on any atom is 0.429 e. The molecular weight excluding hydrogens is 473 g/mol. The molecule has 1 heterocycles. The molecule has 186 valence electrons. The fraction of sp³-hybridized carbons (Fsp3) is 0.391. The summed E-state index contributed by atoms with van der Waals surface area (Å²) in [6.07, 6.45) is -4.99. The van der Waals surface area contributed by atoms with Gasteiger partial charge >= 0.3 is 18.2 Å². The van der Waals surface area contributed by atoms with Crippen molar-refractivity contribution in [1.29, 1.82) is 0 Å². The molecule has 1 aliphatic rings. The minimum absolute atomic E-state index is 0.203. The fourth-order valence-corrected chi connectivity index (χ4v) is 3.28. The topological polar surface area (TPSA) is 36.9 Å². The molecule has 0 saturated carbocycles. The predicted molar refractivity (Wildman–Crippen MR) is 106 cm³/mol. The van der Waals surface area contributed by atoms with Crippen molar-refractivity contribution in [2.45, 2.75) is 38.6 Å². The predicted octanol–water partition coefficient (Wildman–Crippen LogP) is 7.36. The third kappa shape index (κ3) is 6.41. The molecule has 0 bridgehead atoms. The minimum atomic E-state index is -4.23. The first-order valence-electron chi connectivity index (χ1n) is 10.4. The average molecular weight is 494 g/mol. The zero-order chi connectivity index (χ0) is 24.9. The fourth-order valence-electron chi connectivity index (χ4n) is 3.28. The van der Waals surface area contributed by atoms with Gasteiger partial charge in [-0.1, -0.05) is 25.8 Å². The molecule has 2 aromatic rings. The number of ether oxygens (including phenoxy) is 4. The number of hydrogen-bond donors (Lipinski definition) is 0. The van der Waals surface area contributed by atoms with E-state index in [2.05, 4.69) is 16.4 Å². The van der Waals surface area contributed by atoms with Crippen LogP contribution >= 0.6 is 0 Å². The molecule has 0 radical (unpaired) electrons. The van der Waals surface area contributed by atoms with Gasteiger partial charge in [0.15, 0.2) is 17.9 Å². The second kappa shape index (κ2) is 11.1. The summed E-state index contributed by atoms with van der Waals surface area (Å²) >= 11 is 0. The van der Waals surface area contributed by atoms with Gasteiger partial charge in [0.2, 0.25) is 0 Å². The Morgan fingerprint density at radius 3 is 2.29 bits per heavy atom. The smallest absolute Gasteiger partial charge is 0.429 e. The molecule has 1 fully saturated rings. The monoisotopic (exact) mass is 494 g/mol. The van der Waals surface area contributed by atoms with Crippen LogP contribution in [-0.2, 0) is 15.6 Å². The van der Waals surface area contributed by atoms with Gasteiger partial charge in [0, 0.05) is 17.5 Å². The molecule has 0 amide bonds. The molecule has 3 rings (SSSR count). The van der Waals surface area contributed by atoms with E-state index < -0.39 is 53.2 Å². The first-order chi connectivity index (χ1) is 16.1. The highest BCUT2D eigenvalue weighted by atomic mass is 19.3. The van der Waals surface area contributed by atoms with Gasteiger partial charge in [0.25, 0.3) is 0 Å². The van der Waals surface area contributed by atoms with Gasteiger partial charge in [-0.05, 0) is 30.7 Å². The van der Waals surface area contributed by atoms with Crippen molar-refractivity contribution in [2.75, 3.05) is 13.2 Å². The number of unbranched alkanes of at least 4 members (excludes halogenated alkanes) is 1. The molecule has 0 unspecified atom stereocenters. The van der Waals surface area contributed by atoms with Crippen LogP contribution in [0.4, 0.5) is 30.7 Å². The van der Waals surface area contributed by atoms with Gasteiger partial charge in [-0.25, -0.2) is 8.78 Å².